The second kappa shape index (κ2) is 10.2. The molecule has 2 heterocycles. The van der Waals surface area contributed by atoms with Crippen molar-refractivity contribution in [3.63, 3.8) is 0 Å². The normalized spacial score (nSPS) is 25.6. The van der Waals surface area contributed by atoms with Crippen LogP contribution in [0.3, 0.4) is 0 Å². The number of thioether (sulfide) groups is 2. The van der Waals surface area contributed by atoms with Crippen LogP contribution in [0.15, 0.2) is 0 Å². The average Bonchev–Trinajstić information content (AvgIpc) is 2.47. The number of nitrogens with one attached hydrogen (secondary N) is 2. The molecular formula is C14H27ClN2OS2. The molecule has 118 valence electrons. The maximum absolute atomic E-state index is 12.0. The maximum Gasteiger partial charge on any atom is 0.220 e. The van der Waals surface area contributed by atoms with Crippen molar-refractivity contribution in [2.45, 2.75) is 31.4 Å². The smallest absolute Gasteiger partial charge is 0.220 e. The third kappa shape index (κ3) is 6.46. The average molecular weight is 339 g/mol. The molecular weight excluding hydrogens is 312 g/mol. The second-order valence-electron chi connectivity index (χ2n) is 5.64. The predicted molar refractivity (Wildman–Crippen MR) is 93.2 cm³/mol. The molecule has 2 atom stereocenters. The van der Waals surface area contributed by atoms with E-state index in [9.17, 15) is 4.79 Å². The summed E-state index contributed by atoms with van der Waals surface area (Å²) in [5.41, 5.74) is 0. The molecule has 2 aliphatic rings. The molecule has 0 bridgehead atoms. The summed E-state index contributed by atoms with van der Waals surface area (Å²) in [6, 6.07) is 0. The Labute approximate surface area is 137 Å². The van der Waals surface area contributed by atoms with E-state index in [1.165, 1.54) is 30.1 Å². The van der Waals surface area contributed by atoms with Crippen LogP contribution < -0.4 is 10.6 Å². The number of piperidine rings is 1. The van der Waals surface area contributed by atoms with Crippen molar-refractivity contribution >= 4 is 41.8 Å². The monoisotopic (exact) mass is 338 g/mol. The Hall–Kier alpha value is 0.420. The van der Waals surface area contributed by atoms with Gasteiger partial charge >= 0.3 is 0 Å². The molecule has 3 nitrogen and oxygen atoms in total. The summed E-state index contributed by atoms with van der Waals surface area (Å²) in [5, 5.41) is 7.14. The van der Waals surface area contributed by atoms with Gasteiger partial charge in [0.25, 0.3) is 0 Å². The number of halogens is 1. The van der Waals surface area contributed by atoms with Crippen molar-refractivity contribution in [1.82, 2.24) is 10.6 Å². The standard InChI is InChI=1S/C14H26N2OS2.ClH/c1-11(12-2-4-15-5-3-12)8-14(17)16-9-13-10-18-6-7-19-13;/h11-13,15H,2-10H2,1H3,(H,16,17);1H. The van der Waals surface area contributed by atoms with Crippen molar-refractivity contribution in [2.75, 3.05) is 36.9 Å². The molecule has 20 heavy (non-hydrogen) atoms. The van der Waals surface area contributed by atoms with Crippen LogP contribution in [0.5, 0.6) is 0 Å². The minimum absolute atomic E-state index is 0. The minimum atomic E-state index is 0. The van der Waals surface area contributed by atoms with Gasteiger partial charge in [0.15, 0.2) is 0 Å². The lowest BCUT2D eigenvalue weighted by Crippen LogP contribution is -2.36. The minimum Gasteiger partial charge on any atom is -0.355 e. The van der Waals surface area contributed by atoms with E-state index in [1.54, 1.807) is 0 Å². The van der Waals surface area contributed by atoms with Crippen molar-refractivity contribution in [3.8, 4) is 0 Å². The summed E-state index contributed by atoms with van der Waals surface area (Å²) in [7, 11) is 0. The van der Waals surface area contributed by atoms with E-state index in [-0.39, 0.29) is 18.3 Å². The van der Waals surface area contributed by atoms with Gasteiger partial charge in [0.1, 0.15) is 0 Å². The van der Waals surface area contributed by atoms with Crippen LogP contribution in [0.4, 0.5) is 0 Å². The topological polar surface area (TPSA) is 41.1 Å². The van der Waals surface area contributed by atoms with E-state index in [2.05, 4.69) is 17.6 Å². The summed E-state index contributed by atoms with van der Waals surface area (Å²) in [4.78, 5) is 12.0. The van der Waals surface area contributed by atoms with Crippen LogP contribution in [-0.4, -0.2) is 48.0 Å². The van der Waals surface area contributed by atoms with Crippen molar-refractivity contribution in [2.24, 2.45) is 11.8 Å². The fourth-order valence-corrected chi connectivity index (χ4v) is 5.44. The first-order valence-electron chi connectivity index (χ1n) is 7.42. The van der Waals surface area contributed by atoms with Crippen LogP contribution in [0.2, 0.25) is 0 Å². The van der Waals surface area contributed by atoms with Crippen LogP contribution in [0.25, 0.3) is 0 Å². The Balaban J connectivity index is 0.00000200. The molecule has 0 aromatic rings. The third-order valence-corrected chi connectivity index (χ3v) is 6.95. The second-order valence-corrected chi connectivity index (χ2v) is 8.20. The molecule has 2 aliphatic heterocycles. The van der Waals surface area contributed by atoms with Gasteiger partial charge in [-0.25, -0.2) is 0 Å². The summed E-state index contributed by atoms with van der Waals surface area (Å²) in [6.45, 7) is 5.33. The van der Waals surface area contributed by atoms with Gasteiger partial charge in [0.05, 0.1) is 0 Å². The van der Waals surface area contributed by atoms with Gasteiger partial charge in [-0.05, 0) is 37.8 Å². The van der Waals surface area contributed by atoms with Gasteiger partial charge in [-0.15, -0.1) is 12.4 Å². The molecule has 0 aliphatic carbocycles. The summed E-state index contributed by atoms with van der Waals surface area (Å²) in [6.07, 6.45) is 3.16. The maximum atomic E-state index is 12.0. The molecule has 0 aromatic heterocycles. The Bertz CT molecular complexity index is 282. The Morgan fingerprint density at radius 2 is 2.10 bits per heavy atom. The van der Waals surface area contributed by atoms with E-state index in [0.29, 0.717) is 17.6 Å². The SMILES string of the molecule is CC(CC(=O)NCC1CSCCS1)C1CCNCC1.Cl. The molecule has 0 radical (unpaired) electrons. The highest BCUT2D eigenvalue weighted by Gasteiger charge is 2.22. The summed E-state index contributed by atoms with van der Waals surface area (Å²) < 4.78 is 0. The zero-order valence-electron chi connectivity index (χ0n) is 12.2. The van der Waals surface area contributed by atoms with E-state index in [4.69, 9.17) is 0 Å². The number of carbonyl (C=O) groups excluding carboxylic acids is 1. The van der Waals surface area contributed by atoms with Gasteiger partial charge in [-0.3, -0.25) is 4.79 Å². The Morgan fingerprint density at radius 3 is 2.75 bits per heavy atom. The summed E-state index contributed by atoms with van der Waals surface area (Å²) >= 11 is 4.02. The van der Waals surface area contributed by atoms with E-state index in [0.717, 1.165) is 25.6 Å². The molecule has 2 unspecified atom stereocenters. The molecule has 2 saturated heterocycles. The highest BCUT2D eigenvalue weighted by molar-refractivity contribution is 8.06. The lowest BCUT2D eigenvalue weighted by atomic mass is 9.84. The van der Waals surface area contributed by atoms with Gasteiger partial charge < -0.3 is 10.6 Å². The molecule has 0 spiro atoms. The van der Waals surface area contributed by atoms with E-state index < -0.39 is 0 Å². The molecule has 1 amide bonds. The fraction of sp³-hybridized carbons (Fsp3) is 0.929. The van der Waals surface area contributed by atoms with Crippen molar-refractivity contribution in [1.29, 1.82) is 0 Å². The zero-order valence-corrected chi connectivity index (χ0v) is 14.7. The summed E-state index contributed by atoms with van der Waals surface area (Å²) in [5.74, 6) is 5.19. The molecule has 6 heteroatoms. The van der Waals surface area contributed by atoms with E-state index >= 15 is 0 Å². The van der Waals surface area contributed by atoms with E-state index in [1.807, 2.05) is 23.5 Å². The van der Waals surface area contributed by atoms with Crippen LogP contribution >= 0.6 is 35.9 Å². The fourth-order valence-electron chi connectivity index (χ4n) is 2.83. The quantitative estimate of drug-likeness (QED) is 0.807. The first-order chi connectivity index (χ1) is 9.25. The molecule has 0 aromatic carbocycles. The number of amides is 1. The largest absolute Gasteiger partial charge is 0.355 e. The Morgan fingerprint density at radius 1 is 1.35 bits per heavy atom. The highest BCUT2D eigenvalue weighted by Crippen LogP contribution is 2.25. The number of carbonyl (C=O) groups is 1. The van der Waals surface area contributed by atoms with Crippen molar-refractivity contribution < 1.29 is 4.79 Å². The lowest BCUT2D eigenvalue weighted by molar-refractivity contribution is -0.122. The third-order valence-electron chi connectivity index (χ3n) is 4.11. The number of hydrogen-bond donors (Lipinski definition) is 2. The highest BCUT2D eigenvalue weighted by atomic mass is 35.5. The molecule has 0 saturated carbocycles. The van der Waals surface area contributed by atoms with Gasteiger partial charge in [0.2, 0.25) is 5.91 Å². The van der Waals surface area contributed by atoms with Crippen LogP contribution in [-0.2, 0) is 4.79 Å². The molecule has 2 rings (SSSR count). The van der Waals surface area contributed by atoms with Crippen LogP contribution in [0.1, 0.15) is 26.2 Å². The van der Waals surface area contributed by atoms with Crippen LogP contribution in [0, 0.1) is 11.8 Å². The predicted octanol–water partition coefficient (Wildman–Crippen LogP) is 2.40. The lowest BCUT2D eigenvalue weighted by Gasteiger charge is -2.28. The Kier molecular flexibility index (Phi) is 9.42. The molecule has 2 N–H and O–H groups in total. The van der Waals surface area contributed by atoms with Gasteiger partial charge in [-0.2, -0.15) is 23.5 Å². The van der Waals surface area contributed by atoms with Gasteiger partial charge in [0, 0.05) is 35.5 Å². The zero-order chi connectivity index (χ0) is 13.5. The van der Waals surface area contributed by atoms with Crippen molar-refractivity contribution in [3.05, 3.63) is 0 Å². The number of rotatable bonds is 5. The first kappa shape index (κ1) is 18.5. The van der Waals surface area contributed by atoms with Gasteiger partial charge in [-0.1, -0.05) is 6.92 Å². The molecule has 2 fully saturated rings. The number of hydrogen-bond acceptors (Lipinski definition) is 4. The first-order valence-corrected chi connectivity index (χ1v) is 9.63.